The number of carbonyl (C=O) groups is 1. The third-order valence-electron chi connectivity index (χ3n) is 11.7. The van der Waals surface area contributed by atoms with Gasteiger partial charge in [-0.15, -0.1) is 0 Å². The van der Waals surface area contributed by atoms with Crippen molar-refractivity contribution in [3.63, 3.8) is 0 Å². The average Bonchev–Trinajstić information content (AvgIpc) is 3.32. The summed E-state index contributed by atoms with van der Waals surface area (Å²) in [6.07, 6.45) is 17.8. The number of nitrogens with two attached hydrogens (primary N) is 1. The number of carbonyl (C=O) groups excluding carboxylic acids is 1. The standard InChI is InChI=1S/C22H39NO2S.C18H23NO4S2.C15H14O3S/c1-2-3-4-5-6-7-8-9-10-11-12-13-14-15-20-26(24,25)22-18-16-21(23)17-19-22;1-4-19(13-24(20,21)17-9-5-15(2)6-10-17)14-25(22,23)18-11-7-16(3)8-12-18;1-12-7-9-14(10-8-12)19(17,18)11-15(16)13-5-3-2-4-6-13/h16-19H,2-15,20,23H2,1H3;5-12H,4,13-14H2,1-3H3;2-10H,11H2,1H3. The number of sulfone groups is 4. The largest absolute Gasteiger partial charge is 0.399 e. The van der Waals surface area contributed by atoms with E-state index in [1.807, 2.05) is 20.8 Å². The van der Waals surface area contributed by atoms with Crippen LogP contribution in [0.4, 0.5) is 5.69 Å². The summed E-state index contributed by atoms with van der Waals surface area (Å²) in [7, 11) is -13.9. The molecule has 384 valence electrons. The molecule has 0 radical (unpaired) electrons. The lowest BCUT2D eigenvalue weighted by atomic mass is 10.0. The van der Waals surface area contributed by atoms with E-state index in [0.717, 1.165) is 36.0 Å². The van der Waals surface area contributed by atoms with Crippen LogP contribution in [0.5, 0.6) is 0 Å². The van der Waals surface area contributed by atoms with E-state index in [0.29, 0.717) is 22.7 Å². The lowest BCUT2D eigenvalue weighted by Gasteiger charge is -2.20. The summed E-state index contributed by atoms with van der Waals surface area (Å²) in [5.74, 6) is -1.31. The Morgan fingerprint density at radius 1 is 0.414 bits per heavy atom. The lowest BCUT2D eigenvalue weighted by molar-refractivity contribution is 0.102. The quantitative estimate of drug-likeness (QED) is 0.0300. The fraction of sp³-hybridized carbons (Fsp3) is 0.436. The van der Waals surface area contributed by atoms with Gasteiger partial charge < -0.3 is 5.73 Å². The van der Waals surface area contributed by atoms with E-state index in [9.17, 15) is 38.5 Å². The number of nitrogens with zero attached hydrogens (tertiary/aromatic N) is 1. The molecule has 15 heteroatoms. The van der Waals surface area contributed by atoms with Gasteiger partial charge in [-0.3, -0.25) is 9.69 Å². The van der Waals surface area contributed by atoms with Crippen LogP contribution in [0, 0.1) is 20.8 Å². The molecule has 5 aromatic carbocycles. The zero-order valence-electron chi connectivity index (χ0n) is 41.9. The van der Waals surface area contributed by atoms with E-state index in [4.69, 9.17) is 5.73 Å². The van der Waals surface area contributed by atoms with Crippen molar-refractivity contribution in [1.29, 1.82) is 0 Å². The summed E-state index contributed by atoms with van der Waals surface area (Å²) >= 11 is 0. The first-order chi connectivity index (χ1) is 33.2. The van der Waals surface area contributed by atoms with E-state index < -0.39 is 45.1 Å². The van der Waals surface area contributed by atoms with Crippen LogP contribution in [0.15, 0.2) is 147 Å². The molecular formula is C55H76N2O9S4. The van der Waals surface area contributed by atoms with Crippen LogP contribution in [-0.2, 0) is 39.3 Å². The number of unbranched alkanes of at least 4 members (excludes halogenated alkanes) is 13. The van der Waals surface area contributed by atoms with E-state index in [1.165, 1.54) is 87.7 Å². The number of aryl methyl sites for hydroxylation is 3. The van der Waals surface area contributed by atoms with Crippen molar-refractivity contribution in [2.45, 2.75) is 144 Å². The zero-order valence-corrected chi connectivity index (χ0v) is 45.2. The molecule has 0 aliphatic heterocycles. The molecule has 70 heavy (non-hydrogen) atoms. The fourth-order valence-corrected chi connectivity index (χ4v) is 13.0. The van der Waals surface area contributed by atoms with Gasteiger partial charge in [-0.05, 0) is 94.4 Å². The number of nitrogen functional groups attached to an aromatic ring is 1. The normalized spacial score (nSPS) is 11.9. The van der Waals surface area contributed by atoms with Gasteiger partial charge in [-0.1, -0.05) is 181 Å². The van der Waals surface area contributed by atoms with Crippen molar-refractivity contribution in [2.75, 3.05) is 35.5 Å². The van der Waals surface area contributed by atoms with Gasteiger partial charge in [0.15, 0.2) is 45.1 Å². The summed E-state index contributed by atoms with van der Waals surface area (Å²) in [6, 6.07) is 34.6. The maximum absolute atomic E-state index is 12.5. The van der Waals surface area contributed by atoms with Crippen LogP contribution in [0.1, 0.15) is 131 Å². The molecule has 2 N–H and O–H groups in total. The molecule has 0 atom stereocenters. The Kier molecular flexibility index (Phi) is 25.8. The molecule has 0 amide bonds. The minimum Gasteiger partial charge on any atom is -0.399 e. The number of rotatable bonds is 27. The Hall–Kier alpha value is -4.67. The van der Waals surface area contributed by atoms with Gasteiger partial charge in [-0.25, -0.2) is 33.7 Å². The minimum atomic E-state index is -3.59. The molecule has 0 aliphatic carbocycles. The second kappa shape index (κ2) is 30.3. The Morgan fingerprint density at radius 3 is 1.11 bits per heavy atom. The van der Waals surface area contributed by atoms with Crippen molar-refractivity contribution in [2.24, 2.45) is 0 Å². The first kappa shape index (κ1) is 59.6. The van der Waals surface area contributed by atoms with Gasteiger partial charge in [0, 0.05) is 11.3 Å². The number of hydrogen-bond donors (Lipinski definition) is 1. The number of Topliss-reactive ketones (excluding diaryl/α,β-unsaturated/α-hetero) is 1. The second-order valence-corrected chi connectivity index (χ2v) is 26.0. The SMILES string of the molecule is CCCCCCCCCCCCCCCCS(=O)(=O)c1ccc(N)cc1.CCN(CS(=O)(=O)c1ccc(C)cc1)CS(=O)(=O)c1ccc(C)cc1.Cc1ccc(S(=O)(=O)CC(=O)c2ccccc2)cc1. The van der Waals surface area contributed by atoms with Gasteiger partial charge in [0.25, 0.3) is 0 Å². The van der Waals surface area contributed by atoms with Gasteiger partial charge in [-0.2, -0.15) is 0 Å². The van der Waals surface area contributed by atoms with Gasteiger partial charge in [0.2, 0.25) is 0 Å². The first-order valence-electron chi connectivity index (χ1n) is 24.5. The van der Waals surface area contributed by atoms with Crippen LogP contribution in [0.2, 0.25) is 0 Å². The number of hydrogen-bond acceptors (Lipinski definition) is 11. The molecule has 5 aromatic rings. The Labute approximate surface area is 421 Å². The average molecular weight is 1040 g/mol. The highest BCUT2D eigenvalue weighted by Crippen LogP contribution is 2.20. The molecule has 0 fully saturated rings. The maximum Gasteiger partial charge on any atom is 0.191 e. The molecule has 0 bridgehead atoms. The highest BCUT2D eigenvalue weighted by atomic mass is 32.2. The van der Waals surface area contributed by atoms with Gasteiger partial charge in [0.05, 0.1) is 25.3 Å². The Bertz CT molecular complexity index is 2670. The van der Waals surface area contributed by atoms with E-state index in [-0.39, 0.29) is 38.0 Å². The summed E-state index contributed by atoms with van der Waals surface area (Å²) in [6.45, 7) is 9.96. The Balaban J connectivity index is 0.000000281. The number of ketones is 1. The van der Waals surface area contributed by atoms with Gasteiger partial charge in [0.1, 0.15) is 17.5 Å². The topological polar surface area (TPSA) is 183 Å². The third-order valence-corrected chi connectivity index (χ3v) is 18.6. The molecular weight excluding hydrogens is 961 g/mol. The monoisotopic (exact) mass is 1040 g/mol. The summed E-state index contributed by atoms with van der Waals surface area (Å²) < 4.78 is 98.8. The van der Waals surface area contributed by atoms with Crippen LogP contribution in [0.3, 0.4) is 0 Å². The number of anilines is 1. The first-order valence-corrected chi connectivity index (χ1v) is 31.1. The molecule has 0 aliphatic rings. The van der Waals surface area contributed by atoms with Crippen molar-refractivity contribution in [3.05, 3.63) is 150 Å². The van der Waals surface area contributed by atoms with E-state index in [1.54, 1.807) is 122 Å². The van der Waals surface area contributed by atoms with Crippen molar-refractivity contribution in [3.8, 4) is 0 Å². The molecule has 0 spiro atoms. The molecule has 0 unspecified atom stereocenters. The third kappa shape index (κ3) is 22.2. The number of benzene rings is 5. The molecule has 0 heterocycles. The highest BCUT2D eigenvalue weighted by Gasteiger charge is 2.24. The molecule has 0 saturated heterocycles. The van der Waals surface area contributed by atoms with Crippen molar-refractivity contribution >= 4 is 50.8 Å². The second-order valence-electron chi connectivity index (χ2n) is 17.9. The van der Waals surface area contributed by atoms with Crippen molar-refractivity contribution in [1.82, 2.24) is 4.90 Å². The van der Waals surface area contributed by atoms with Crippen LogP contribution in [0.25, 0.3) is 0 Å². The van der Waals surface area contributed by atoms with Crippen LogP contribution in [-0.4, -0.2) is 74.2 Å². The van der Waals surface area contributed by atoms with E-state index >= 15 is 0 Å². The maximum atomic E-state index is 12.5. The summed E-state index contributed by atoms with van der Waals surface area (Å²) in [4.78, 5) is 14.3. The minimum absolute atomic E-state index is 0.183. The molecule has 11 nitrogen and oxygen atoms in total. The highest BCUT2D eigenvalue weighted by molar-refractivity contribution is 7.92. The van der Waals surface area contributed by atoms with Crippen LogP contribution >= 0.6 is 0 Å². The molecule has 0 aromatic heterocycles. The van der Waals surface area contributed by atoms with Crippen molar-refractivity contribution < 1.29 is 38.5 Å². The van der Waals surface area contributed by atoms with Gasteiger partial charge >= 0.3 is 0 Å². The van der Waals surface area contributed by atoms with E-state index in [2.05, 4.69) is 6.92 Å². The fourth-order valence-electron chi connectivity index (χ4n) is 7.33. The van der Waals surface area contributed by atoms with Crippen LogP contribution < -0.4 is 5.73 Å². The smallest absolute Gasteiger partial charge is 0.191 e. The molecule has 0 saturated carbocycles. The zero-order chi connectivity index (χ0) is 51.6. The predicted octanol–water partition coefficient (Wildman–Crippen LogP) is 12.0. The molecule has 5 rings (SSSR count). The summed E-state index contributed by atoms with van der Waals surface area (Å²) in [5.41, 5.74) is 9.53. The Morgan fingerprint density at radius 2 is 0.743 bits per heavy atom. The summed E-state index contributed by atoms with van der Waals surface area (Å²) in [5, 5.41) is 0. The lowest BCUT2D eigenvalue weighted by Crippen LogP contribution is -2.34. The predicted molar refractivity (Wildman–Crippen MR) is 286 cm³/mol.